The Morgan fingerprint density at radius 2 is 1.70 bits per heavy atom. The van der Waals surface area contributed by atoms with Gasteiger partial charge in [0.25, 0.3) is 0 Å². The summed E-state index contributed by atoms with van der Waals surface area (Å²) in [6, 6.07) is 15.8. The smallest absolute Gasteiger partial charge is 0.167 e. The lowest BCUT2D eigenvalue weighted by atomic mass is 9.88. The van der Waals surface area contributed by atoms with E-state index < -0.39 is 0 Å². The number of benzene rings is 3. The molecular formula is C34H31FN2O3. The number of nitrogens with zero attached hydrogens (tertiary/aromatic N) is 2. The summed E-state index contributed by atoms with van der Waals surface area (Å²) in [6.45, 7) is 5.84. The zero-order chi connectivity index (χ0) is 28.2. The predicted molar refractivity (Wildman–Crippen MR) is 154 cm³/mol. The Hall–Kier alpha value is -4.32. The molecule has 2 aromatic heterocycles. The Morgan fingerprint density at radius 3 is 2.35 bits per heavy atom. The Labute approximate surface area is 232 Å². The third-order valence-electron chi connectivity index (χ3n) is 8.18. The number of furan rings is 1. The topological polar surface area (TPSA) is 65.1 Å². The van der Waals surface area contributed by atoms with Crippen molar-refractivity contribution >= 4 is 22.5 Å². The third-order valence-corrected chi connectivity index (χ3v) is 8.18. The quantitative estimate of drug-likeness (QED) is 0.188. The zero-order valence-electron chi connectivity index (χ0n) is 23.2. The van der Waals surface area contributed by atoms with E-state index in [0.29, 0.717) is 46.3 Å². The number of hydrogen-bond donors (Lipinski definition) is 0. The zero-order valence-corrected chi connectivity index (χ0v) is 23.2. The first-order chi connectivity index (χ1) is 19.2. The van der Waals surface area contributed by atoms with Gasteiger partial charge in [-0.1, -0.05) is 19.1 Å². The average Bonchev–Trinajstić information content (AvgIpc) is 3.40. The number of Topliss-reactive ketones (excluding diaryl/α,β-unsaturated/α-hetero) is 2. The van der Waals surface area contributed by atoms with E-state index in [-0.39, 0.29) is 22.8 Å². The summed E-state index contributed by atoms with van der Waals surface area (Å²) >= 11 is 0. The Balaban J connectivity index is 1.41. The fourth-order valence-corrected chi connectivity index (χ4v) is 5.75. The number of imidazole rings is 1. The molecule has 0 amide bonds. The van der Waals surface area contributed by atoms with Crippen molar-refractivity contribution in [1.29, 1.82) is 0 Å². The molecule has 0 spiro atoms. The average molecular weight is 535 g/mol. The van der Waals surface area contributed by atoms with Crippen molar-refractivity contribution in [2.45, 2.75) is 51.9 Å². The monoisotopic (exact) mass is 534 g/mol. The number of aryl methyl sites for hydroxylation is 3. The molecule has 1 aliphatic carbocycles. The largest absolute Gasteiger partial charge is 0.455 e. The van der Waals surface area contributed by atoms with Crippen molar-refractivity contribution in [2.24, 2.45) is 7.05 Å². The maximum absolute atomic E-state index is 13.7. The number of carbonyl (C=O) groups excluding carboxylic acids is 2. The minimum Gasteiger partial charge on any atom is -0.455 e. The fraction of sp³-hybridized carbons (Fsp3) is 0.265. The van der Waals surface area contributed by atoms with Gasteiger partial charge in [0.2, 0.25) is 0 Å². The lowest BCUT2D eigenvalue weighted by Gasteiger charge is -2.15. The molecule has 0 saturated heterocycles. The van der Waals surface area contributed by atoms with Crippen LogP contribution in [0, 0.1) is 19.7 Å². The van der Waals surface area contributed by atoms with Crippen LogP contribution in [-0.2, 0) is 12.5 Å². The van der Waals surface area contributed by atoms with Gasteiger partial charge in [-0.05, 0) is 91.4 Å². The van der Waals surface area contributed by atoms with Gasteiger partial charge in [-0.25, -0.2) is 9.37 Å². The number of carbonyl (C=O) groups is 2. The van der Waals surface area contributed by atoms with Crippen LogP contribution in [0.5, 0.6) is 0 Å². The van der Waals surface area contributed by atoms with Crippen LogP contribution < -0.4 is 0 Å². The molecule has 5 nitrogen and oxygen atoms in total. The van der Waals surface area contributed by atoms with E-state index in [1.807, 2.05) is 62.8 Å². The molecular weight excluding hydrogens is 503 g/mol. The molecule has 40 heavy (non-hydrogen) atoms. The maximum atomic E-state index is 13.7. The molecule has 1 saturated carbocycles. The summed E-state index contributed by atoms with van der Waals surface area (Å²) in [6.07, 6.45) is 6.49. The number of aromatic nitrogens is 2. The van der Waals surface area contributed by atoms with Crippen LogP contribution in [0.3, 0.4) is 0 Å². The van der Waals surface area contributed by atoms with Gasteiger partial charge < -0.3 is 8.98 Å². The second kappa shape index (κ2) is 9.70. The molecule has 0 aliphatic heterocycles. The van der Waals surface area contributed by atoms with Gasteiger partial charge in [-0.15, -0.1) is 0 Å². The first kappa shape index (κ1) is 25.9. The number of rotatable bonds is 8. The van der Waals surface area contributed by atoms with E-state index in [9.17, 15) is 14.0 Å². The molecule has 5 aromatic rings. The summed E-state index contributed by atoms with van der Waals surface area (Å²) in [5.41, 5.74) is 7.12. The second-order valence-corrected chi connectivity index (χ2v) is 11.1. The van der Waals surface area contributed by atoms with Gasteiger partial charge in [0.15, 0.2) is 11.6 Å². The van der Waals surface area contributed by atoms with E-state index in [2.05, 4.69) is 11.1 Å². The summed E-state index contributed by atoms with van der Waals surface area (Å²) in [5.74, 6) is 0.167. The van der Waals surface area contributed by atoms with E-state index >= 15 is 0 Å². The number of halogens is 1. The fourth-order valence-electron chi connectivity index (χ4n) is 5.75. The molecule has 3 aromatic carbocycles. The molecule has 1 aliphatic rings. The number of ketones is 2. The van der Waals surface area contributed by atoms with Crippen molar-refractivity contribution in [3.63, 3.8) is 0 Å². The Kier molecular flexibility index (Phi) is 6.29. The van der Waals surface area contributed by atoms with Gasteiger partial charge in [0.1, 0.15) is 17.2 Å². The molecule has 6 heteroatoms. The highest BCUT2D eigenvalue weighted by Crippen LogP contribution is 2.51. The van der Waals surface area contributed by atoms with E-state index in [1.165, 1.54) is 12.1 Å². The van der Waals surface area contributed by atoms with Gasteiger partial charge in [0, 0.05) is 48.0 Å². The number of fused-ring (bicyclic) bond motifs is 1. The lowest BCUT2D eigenvalue weighted by Crippen LogP contribution is -2.15. The van der Waals surface area contributed by atoms with Crippen LogP contribution in [0.4, 0.5) is 4.39 Å². The van der Waals surface area contributed by atoms with E-state index in [1.54, 1.807) is 18.5 Å². The SMILES string of the molecule is CCC(=O)c1c(-c2ccc(F)cc2)oc2ccc(-c3cc(C(=O)CC4(c5cn(C)cn5)CC4)c(C)cc3C)cc12. The van der Waals surface area contributed by atoms with E-state index in [0.717, 1.165) is 40.8 Å². The summed E-state index contributed by atoms with van der Waals surface area (Å²) in [4.78, 5) is 31.3. The van der Waals surface area contributed by atoms with Crippen molar-refractivity contribution in [2.75, 3.05) is 0 Å². The minimum absolute atomic E-state index is 0.0454. The van der Waals surface area contributed by atoms with Crippen molar-refractivity contribution in [1.82, 2.24) is 9.55 Å². The molecule has 0 unspecified atom stereocenters. The molecule has 202 valence electrons. The van der Waals surface area contributed by atoms with Crippen LogP contribution in [0.25, 0.3) is 33.4 Å². The molecule has 0 atom stereocenters. The van der Waals surface area contributed by atoms with Gasteiger partial charge in [0.05, 0.1) is 17.6 Å². The first-order valence-corrected chi connectivity index (χ1v) is 13.7. The highest BCUT2D eigenvalue weighted by Gasteiger charge is 2.47. The predicted octanol–water partition coefficient (Wildman–Crippen LogP) is 8.15. The van der Waals surface area contributed by atoms with Gasteiger partial charge >= 0.3 is 0 Å². The molecule has 0 radical (unpaired) electrons. The first-order valence-electron chi connectivity index (χ1n) is 13.7. The maximum Gasteiger partial charge on any atom is 0.167 e. The third kappa shape index (κ3) is 4.47. The Morgan fingerprint density at radius 1 is 0.975 bits per heavy atom. The van der Waals surface area contributed by atoms with Crippen LogP contribution in [-0.4, -0.2) is 21.1 Å². The van der Waals surface area contributed by atoms with Crippen LogP contribution in [0.1, 0.15) is 70.1 Å². The molecule has 0 bridgehead atoms. The highest BCUT2D eigenvalue weighted by molar-refractivity contribution is 6.13. The van der Waals surface area contributed by atoms with Crippen LogP contribution >= 0.6 is 0 Å². The summed E-state index contributed by atoms with van der Waals surface area (Å²) in [5, 5.41) is 0.712. The van der Waals surface area contributed by atoms with Gasteiger partial charge in [-0.3, -0.25) is 9.59 Å². The molecule has 2 heterocycles. The molecule has 0 N–H and O–H groups in total. The van der Waals surface area contributed by atoms with Crippen LogP contribution in [0.15, 0.2) is 71.5 Å². The Bertz CT molecular complexity index is 1790. The lowest BCUT2D eigenvalue weighted by molar-refractivity contribution is 0.0966. The highest BCUT2D eigenvalue weighted by atomic mass is 19.1. The van der Waals surface area contributed by atoms with Crippen molar-refractivity contribution in [3.05, 3.63) is 101 Å². The summed E-state index contributed by atoms with van der Waals surface area (Å²) in [7, 11) is 1.95. The molecule has 1 fully saturated rings. The number of hydrogen-bond acceptors (Lipinski definition) is 4. The standard InChI is InChI=1S/C34H31FN2O3/c1-5-28(38)32-27-15-23(8-11-30(27)40-33(32)22-6-9-24(35)10-7-22)25-16-26(21(3)14-20(25)2)29(39)17-34(12-13-34)31-18-37(4)19-36-31/h6-11,14-16,18-19H,5,12-13,17H2,1-4H3. The normalized spacial score (nSPS) is 14.0. The summed E-state index contributed by atoms with van der Waals surface area (Å²) < 4.78 is 21.7. The van der Waals surface area contributed by atoms with E-state index in [4.69, 9.17) is 4.42 Å². The van der Waals surface area contributed by atoms with Crippen molar-refractivity contribution < 1.29 is 18.4 Å². The van der Waals surface area contributed by atoms with Gasteiger partial charge in [-0.2, -0.15) is 0 Å². The van der Waals surface area contributed by atoms with Crippen LogP contribution in [0.2, 0.25) is 0 Å². The second-order valence-electron chi connectivity index (χ2n) is 11.1. The van der Waals surface area contributed by atoms with Crippen molar-refractivity contribution in [3.8, 4) is 22.5 Å². The molecule has 6 rings (SSSR count). The minimum atomic E-state index is -0.349.